The van der Waals surface area contributed by atoms with Gasteiger partial charge in [-0.3, -0.25) is 10.2 Å². The third-order valence-electron chi connectivity index (χ3n) is 5.22. The molecule has 0 heterocycles. The lowest BCUT2D eigenvalue weighted by Gasteiger charge is -2.30. The molecule has 1 fully saturated rings. The first-order valence-corrected chi connectivity index (χ1v) is 11.9. The molecule has 0 bridgehead atoms. The molecule has 0 aliphatic heterocycles. The first-order chi connectivity index (χ1) is 14.1. The van der Waals surface area contributed by atoms with Gasteiger partial charge in [0.15, 0.2) is 0 Å². The van der Waals surface area contributed by atoms with Gasteiger partial charge in [0.2, 0.25) is 0 Å². The standard InChI is InChI=1S/C21H26N2O2.CH4O3S/c22-21(23)19-10-4-3-7-16(19)9-5-11-20(24)25-18-13-12-15-6-1-2-8-17(15)14-18;1-5(2,3)4/h1-2,6,8,12-14,16,19H,3-5,7,9-11H2,(H3,22,23);1H3,(H,2,3,4)/p-1. The molecule has 0 radical (unpaired) electrons. The van der Waals surface area contributed by atoms with Crippen molar-refractivity contribution < 1.29 is 22.5 Å². The van der Waals surface area contributed by atoms with Crippen molar-refractivity contribution in [3.63, 3.8) is 0 Å². The Morgan fingerprint density at radius 3 is 2.47 bits per heavy atom. The third-order valence-corrected chi connectivity index (χ3v) is 5.22. The summed E-state index contributed by atoms with van der Waals surface area (Å²) in [4.78, 5) is 12.1. The lowest BCUT2D eigenvalue weighted by Crippen LogP contribution is -2.32. The molecule has 2 unspecified atom stereocenters. The fourth-order valence-electron chi connectivity index (χ4n) is 3.88. The number of rotatable bonds is 6. The van der Waals surface area contributed by atoms with Gasteiger partial charge in [-0.2, -0.15) is 0 Å². The number of ether oxygens (including phenoxy) is 1. The monoisotopic (exact) mass is 433 g/mol. The number of nitrogens with one attached hydrogen (secondary N) is 1. The SMILES string of the molecule is CS(=O)(=O)[O-].N=C(N)C1CCCCC1CCCC(=O)Oc1ccc2ccccc2c1. The third kappa shape index (κ3) is 8.51. The van der Waals surface area contributed by atoms with E-state index in [0.29, 0.717) is 30.2 Å². The zero-order chi connectivity index (χ0) is 22.1. The van der Waals surface area contributed by atoms with E-state index in [0.717, 1.165) is 42.9 Å². The lowest BCUT2D eigenvalue weighted by atomic mass is 9.76. The van der Waals surface area contributed by atoms with Gasteiger partial charge in [-0.15, -0.1) is 0 Å². The second-order valence-corrected chi connectivity index (χ2v) is 9.09. The maximum Gasteiger partial charge on any atom is 0.311 e. The van der Waals surface area contributed by atoms with E-state index in [1.807, 2.05) is 42.5 Å². The Morgan fingerprint density at radius 1 is 1.17 bits per heavy atom. The number of hydrogen-bond acceptors (Lipinski definition) is 6. The lowest BCUT2D eigenvalue weighted by molar-refractivity contribution is -0.134. The molecular formula is C22H29N2O5S-. The van der Waals surface area contributed by atoms with E-state index in [1.54, 1.807) is 0 Å². The van der Waals surface area contributed by atoms with E-state index in [4.69, 9.17) is 28.9 Å². The normalized spacial score (nSPS) is 18.9. The number of amidine groups is 1. The Kier molecular flexibility index (Phi) is 8.80. The van der Waals surface area contributed by atoms with Crippen LogP contribution in [0, 0.1) is 17.2 Å². The molecule has 30 heavy (non-hydrogen) atoms. The molecule has 1 aliphatic rings. The predicted octanol–water partition coefficient (Wildman–Crippen LogP) is 3.82. The number of fused-ring (bicyclic) bond motifs is 1. The smallest absolute Gasteiger partial charge is 0.311 e. The Bertz CT molecular complexity index is 966. The van der Waals surface area contributed by atoms with Crippen molar-refractivity contribution >= 4 is 32.7 Å². The molecule has 0 saturated heterocycles. The highest BCUT2D eigenvalue weighted by molar-refractivity contribution is 7.84. The maximum absolute atomic E-state index is 12.1. The minimum atomic E-state index is -3.92. The van der Waals surface area contributed by atoms with Crippen LogP contribution in [0.5, 0.6) is 5.75 Å². The van der Waals surface area contributed by atoms with Crippen molar-refractivity contribution in [2.24, 2.45) is 17.6 Å². The van der Waals surface area contributed by atoms with Crippen LogP contribution in [0.1, 0.15) is 44.9 Å². The van der Waals surface area contributed by atoms with Crippen LogP contribution < -0.4 is 10.5 Å². The first-order valence-electron chi connectivity index (χ1n) is 10.1. The van der Waals surface area contributed by atoms with Gasteiger partial charge >= 0.3 is 5.97 Å². The van der Waals surface area contributed by atoms with Crippen LogP contribution in [0.2, 0.25) is 0 Å². The van der Waals surface area contributed by atoms with Gasteiger partial charge in [-0.1, -0.05) is 43.2 Å². The number of esters is 1. The van der Waals surface area contributed by atoms with Crippen LogP contribution in [0.3, 0.4) is 0 Å². The Labute approximate surface area is 177 Å². The van der Waals surface area contributed by atoms with Crippen LogP contribution in [0.15, 0.2) is 42.5 Å². The van der Waals surface area contributed by atoms with E-state index in [-0.39, 0.29) is 11.9 Å². The molecule has 8 heteroatoms. The molecule has 3 rings (SSSR count). The van der Waals surface area contributed by atoms with Crippen LogP contribution in [-0.2, 0) is 14.9 Å². The Morgan fingerprint density at radius 2 is 1.80 bits per heavy atom. The Hall–Kier alpha value is -2.45. The minimum absolute atomic E-state index is 0.189. The van der Waals surface area contributed by atoms with E-state index in [1.165, 1.54) is 6.42 Å². The van der Waals surface area contributed by atoms with Gasteiger partial charge < -0.3 is 15.0 Å². The van der Waals surface area contributed by atoms with Gasteiger partial charge in [0.25, 0.3) is 0 Å². The molecule has 2 aromatic rings. The van der Waals surface area contributed by atoms with Gasteiger partial charge in [0.05, 0.1) is 16.0 Å². The molecular weight excluding hydrogens is 404 g/mol. The Balaban J connectivity index is 0.000000575. The summed E-state index contributed by atoms with van der Waals surface area (Å²) in [6.45, 7) is 0. The van der Waals surface area contributed by atoms with Crippen molar-refractivity contribution in [3.05, 3.63) is 42.5 Å². The molecule has 0 amide bonds. The zero-order valence-electron chi connectivity index (χ0n) is 17.2. The number of carbonyl (C=O) groups excluding carboxylic acids is 1. The minimum Gasteiger partial charge on any atom is -0.748 e. The molecule has 2 atom stereocenters. The molecule has 1 saturated carbocycles. The fourth-order valence-corrected chi connectivity index (χ4v) is 3.88. The van der Waals surface area contributed by atoms with Gasteiger partial charge in [0.1, 0.15) is 5.75 Å². The summed E-state index contributed by atoms with van der Waals surface area (Å²) in [7, 11) is -3.92. The van der Waals surface area contributed by atoms with Crippen LogP contribution in [-0.4, -0.2) is 31.0 Å². The summed E-state index contributed by atoms with van der Waals surface area (Å²) in [6, 6.07) is 13.7. The highest BCUT2D eigenvalue weighted by Crippen LogP contribution is 2.33. The van der Waals surface area contributed by atoms with E-state index in [2.05, 4.69) is 0 Å². The second kappa shape index (κ2) is 11.1. The second-order valence-electron chi connectivity index (χ2n) is 7.69. The molecule has 0 aromatic heterocycles. The number of benzene rings is 2. The molecule has 0 spiro atoms. The summed E-state index contributed by atoms with van der Waals surface area (Å²) in [5, 5.41) is 9.94. The van der Waals surface area contributed by atoms with E-state index >= 15 is 0 Å². The average molecular weight is 434 g/mol. The maximum atomic E-state index is 12.1. The molecule has 164 valence electrons. The van der Waals surface area contributed by atoms with Crippen molar-refractivity contribution in [1.29, 1.82) is 5.41 Å². The highest BCUT2D eigenvalue weighted by Gasteiger charge is 2.27. The topological polar surface area (TPSA) is 133 Å². The molecule has 1 aliphatic carbocycles. The van der Waals surface area contributed by atoms with E-state index < -0.39 is 10.1 Å². The molecule has 7 nitrogen and oxygen atoms in total. The van der Waals surface area contributed by atoms with Gasteiger partial charge in [-0.05, 0) is 54.5 Å². The van der Waals surface area contributed by atoms with Crippen LogP contribution in [0.25, 0.3) is 10.8 Å². The average Bonchev–Trinajstić information content (AvgIpc) is 2.67. The van der Waals surface area contributed by atoms with Gasteiger partial charge in [-0.25, -0.2) is 8.42 Å². The summed E-state index contributed by atoms with van der Waals surface area (Å²) in [5.41, 5.74) is 5.73. The molecule has 2 aromatic carbocycles. The fraction of sp³-hybridized carbons (Fsp3) is 0.455. The first kappa shape index (κ1) is 23.8. The van der Waals surface area contributed by atoms with Crippen molar-refractivity contribution in [3.8, 4) is 5.75 Å². The summed E-state index contributed by atoms with van der Waals surface area (Å²) < 4.78 is 32.7. The highest BCUT2D eigenvalue weighted by atomic mass is 32.2. The number of carbonyl (C=O) groups is 1. The zero-order valence-corrected chi connectivity index (χ0v) is 18.0. The number of nitrogens with two attached hydrogens (primary N) is 1. The largest absolute Gasteiger partial charge is 0.748 e. The van der Waals surface area contributed by atoms with Crippen molar-refractivity contribution in [1.82, 2.24) is 0 Å². The summed E-state index contributed by atoms with van der Waals surface area (Å²) in [5.74, 6) is 1.36. The quantitative estimate of drug-likeness (QED) is 0.234. The van der Waals surface area contributed by atoms with Crippen LogP contribution >= 0.6 is 0 Å². The predicted molar refractivity (Wildman–Crippen MR) is 116 cm³/mol. The van der Waals surface area contributed by atoms with E-state index in [9.17, 15) is 4.79 Å². The molecule has 3 N–H and O–H groups in total. The van der Waals surface area contributed by atoms with Crippen LogP contribution in [0.4, 0.5) is 0 Å². The van der Waals surface area contributed by atoms with Crippen molar-refractivity contribution in [2.45, 2.75) is 44.9 Å². The summed E-state index contributed by atoms with van der Waals surface area (Å²) >= 11 is 0. The van der Waals surface area contributed by atoms with Gasteiger partial charge in [0, 0.05) is 18.6 Å². The van der Waals surface area contributed by atoms with Crippen molar-refractivity contribution in [2.75, 3.05) is 6.26 Å². The summed E-state index contributed by atoms with van der Waals surface area (Å²) in [6.07, 6.45) is 7.24. The number of hydrogen-bond donors (Lipinski definition) is 2.